The number of benzene rings is 1. The summed E-state index contributed by atoms with van der Waals surface area (Å²) >= 11 is 6.60. The third-order valence-electron chi connectivity index (χ3n) is 4.80. The van der Waals surface area contributed by atoms with Gasteiger partial charge in [0.15, 0.2) is 0 Å². The zero-order valence-corrected chi connectivity index (χ0v) is 18.1. The van der Waals surface area contributed by atoms with Crippen molar-refractivity contribution in [2.75, 3.05) is 6.54 Å². The van der Waals surface area contributed by atoms with Crippen molar-refractivity contribution in [2.24, 2.45) is 0 Å². The summed E-state index contributed by atoms with van der Waals surface area (Å²) in [5.74, 6) is 0.291. The summed E-state index contributed by atoms with van der Waals surface area (Å²) in [5, 5.41) is 8.69. The van der Waals surface area contributed by atoms with E-state index in [2.05, 4.69) is 9.97 Å². The highest BCUT2D eigenvalue weighted by atomic mass is 32.2. The average molecular weight is 454 g/mol. The molecule has 1 aliphatic rings. The summed E-state index contributed by atoms with van der Waals surface area (Å²) < 4.78 is 6.44. The van der Waals surface area contributed by atoms with Gasteiger partial charge in [-0.1, -0.05) is 30.4 Å². The fraction of sp³-hybridized carbons (Fsp3) is 0.227. The number of nitrogens with zero attached hydrogens (tertiary/aromatic N) is 3. The number of carbonyl (C=O) groups is 2. The standard InChI is InChI=1S/C22H19N3O4S2/c26-20(27)4-2-1-3-11-25-21(28)19(31-22(25)30)13-15-6-8-18(29-15)14-5-7-16-17(12-14)24-10-9-23-16/h5-10,12-13H,1-4,11H2,(H,26,27). The number of aliphatic carboxylic acids is 1. The number of thiocarbonyl (C=S) groups is 1. The number of hydrogen-bond acceptors (Lipinski definition) is 7. The van der Waals surface area contributed by atoms with Crippen molar-refractivity contribution in [3.05, 3.63) is 53.4 Å². The molecule has 3 aromatic rings. The lowest BCUT2D eigenvalue weighted by molar-refractivity contribution is -0.137. The van der Waals surface area contributed by atoms with Gasteiger partial charge in [0.1, 0.15) is 15.8 Å². The first-order valence-corrected chi connectivity index (χ1v) is 11.0. The Labute approximate surface area is 188 Å². The molecule has 1 amide bonds. The van der Waals surface area contributed by atoms with E-state index in [4.69, 9.17) is 21.7 Å². The van der Waals surface area contributed by atoms with Gasteiger partial charge in [-0.05, 0) is 43.2 Å². The van der Waals surface area contributed by atoms with Crippen molar-refractivity contribution in [3.63, 3.8) is 0 Å². The van der Waals surface area contributed by atoms with Crippen molar-refractivity contribution < 1.29 is 19.1 Å². The van der Waals surface area contributed by atoms with Gasteiger partial charge < -0.3 is 9.52 Å². The van der Waals surface area contributed by atoms with Crippen molar-refractivity contribution in [1.29, 1.82) is 0 Å². The van der Waals surface area contributed by atoms with Gasteiger partial charge >= 0.3 is 5.97 Å². The summed E-state index contributed by atoms with van der Waals surface area (Å²) in [6.45, 7) is 0.489. The highest BCUT2D eigenvalue weighted by Crippen LogP contribution is 2.34. The van der Waals surface area contributed by atoms with E-state index in [9.17, 15) is 9.59 Å². The van der Waals surface area contributed by atoms with Crippen LogP contribution in [0.4, 0.5) is 0 Å². The third kappa shape index (κ3) is 5.00. The number of aromatic nitrogens is 2. The zero-order valence-electron chi connectivity index (χ0n) is 16.5. The van der Waals surface area contributed by atoms with Crippen LogP contribution in [0.1, 0.15) is 31.4 Å². The van der Waals surface area contributed by atoms with Crippen LogP contribution in [0.3, 0.4) is 0 Å². The molecule has 1 fully saturated rings. The minimum absolute atomic E-state index is 0.142. The van der Waals surface area contributed by atoms with Crippen LogP contribution in [0.25, 0.3) is 28.4 Å². The highest BCUT2D eigenvalue weighted by molar-refractivity contribution is 8.26. The van der Waals surface area contributed by atoms with Gasteiger partial charge in [0.25, 0.3) is 5.91 Å². The lowest BCUT2D eigenvalue weighted by Crippen LogP contribution is -2.29. The molecule has 1 aliphatic heterocycles. The Morgan fingerprint density at radius 1 is 1.13 bits per heavy atom. The van der Waals surface area contributed by atoms with Crippen molar-refractivity contribution >= 4 is 57.3 Å². The van der Waals surface area contributed by atoms with Crippen LogP contribution in [-0.2, 0) is 9.59 Å². The van der Waals surface area contributed by atoms with Crippen LogP contribution >= 0.6 is 24.0 Å². The number of hydrogen-bond donors (Lipinski definition) is 1. The summed E-state index contributed by atoms with van der Waals surface area (Å²) in [5.41, 5.74) is 2.47. The Morgan fingerprint density at radius 3 is 2.74 bits per heavy atom. The fourth-order valence-corrected chi connectivity index (χ4v) is 4.54. The normalized spacial score (nSPS) is 15.4. The molecule has 0 spiro atoms. The smallest absolute Gasteiger partial charge is 0.303 e. The number of thioether (sulfide) groups is 1. The molecule has 0 radical (unpaired) electrons. The molecule has 3 heterocycles. The van der Waals surface area contributed by atoms with Gasteiger partial charge in [-0.15, -0.1) is 0 Å². The van der Waals surface area contributed by atoms with Crippen molar-refractivity contribution in [3.8, 4) is 11.3 Å². The molecule has 31 heavy (non-hydrogen) atoms. The maximum atomic E-state index is 12.7. The number of amides is 1. The number of carboxylic acid groups (broad SMARTS) is 1. The summed E-state index contributed by atoms with van der Waals surface area (Å²) in [4.78, 5) is 34.0. The molecule has 0 unspecified atom stereocenters. The monoisotopic (exact) mass is 453 g/mol. The van der Waals surface area contributed by atoms with Gasteiger partial charge in [0.05, 0.1) is 15.9 Å². The highest BCUT2D eigenvalue weighted by Gasteiger charge is 2.31. The van der Waals surface area contributed by atoms with Crippen LogP contribution in [-0.4, -0.2) is 42.7 Å². The van der Waals surface area contributed by atoms with E-state index in [0.29, 0.717) is 40.1 Å². The first-order chi connectivity index (χ1) is 15.0. The average Bonchev–Trinajstić information content (AvgIpc) is 3.33. The molecular formula is C22H19N3O4S2. The second-order valence-corrected chi connectivity index (χ2v) is 8.68. The second-order valence-electron chi connectivity index (χ2n) is 7.00. The Hall–Kier alpha value is -3.04. The molecule has 4 rings (SSSR count). The van der Waals surface area contributed by atoms with Crippen LogP contribution in [0.2, 0.25) is 0 Å². The number of unbranched alkanes of at least 4 members (excludes halogenated alkanes) is 2. The first kappa shape index (κ1) is 21.2. The second kappa shape index (κ2) is 9.40. The summed E-state index contributed by atoms with van der Waals surface area (Å²) in [6.07, 6.45) is 7.18. The van der Waals surface area contributed by atoms with Crippen molar-refractivity contribution in [2.45, 2.75) is 25.7 Å². The number of carboxylic acids is 1. The molecule has 1 aromatic carbocycles. The molecular weight excluding hydrogens is 434 g/mol. The molecule has 0 atom stereocenters. The largest absolute Gasteiger partial charge is 0.481 e. The maximum absolute atomic E-state index is 12.7. The van der Waals surface area contributed by atoms with Gasteiger partial charge in [-0.25, -0.2) is 0 Å². The summed E-state index contributed by atoms with van der Waals surface area (Å²) in [7, 11) is 0. The van der Waals surface area contributed by atoms with E-state index in [1.54, 1.807) is 23.4 Å². The molecule has 1 saturated heterocycles. The predicted molar refractivity (Wildman–Crippen MR) is 123 cm³/mol. The molecule has 1 N–H and O–H groups in total. The minimum Gasteiger partial charge on any atom is -0.481 e. The number of furan rings is 1. The Kier molecular flexibility index (Phi) is 6.43. The SMILES string of the molecule is O=C(O)CCCCCN1C(=O)C(=Cc2ccc(-c3ccc4nccnc4c3)o2)SC1=S. The molecule has 158 valence electrons. The first-order valence-electron chi connectivity index (χ1n) is 9.79. The van der Waals surface area contributed by atoms with E-state index in [0.717, 1.165) is 23.0 Å². The molecule has 0 bridgehead atoms. The molecule has 7 nitrogen and oxygen atoms in total. The Morgan fingerprint density at radius 2 is 1.94 bits per heavy atom. The van der Waals surface area contributed by atoms with Crippen LogP contribution in [0, 0.1) is 0 Å². The molecule has 2 aromatic heterocycles. The van der Waals surface area contributed by atoms with Crippen LogP contribution in [0.5, 0.6) is 0 Å². The molecule has 0 saturated carbocycles. The maximum Gasteiger partial charge on any atom is 0.303 e. The van der Waals surface area contributed by atoms with E-state index >= 15 is 0 Å². The quantitative estimate of drug-likeness (QED) is 0.297. The van der Waals surface area contributed by atoms with Crippen molar-refractivity contribution in [1.82, 2.24) is 14.9 Å². The summed E-state index contributed by atoms with van der Waals surface area (Å²) in [6, 6.07) is 9.39. The van der Waals surface area contributed by atoms with Gasteiger partial charge in [0.2, 0.25) is 0 Å². The fourth-order valence-electron chi connectivity index (χ4n) is 3.25. The number of rotatable bonds is 8. The number of carbonyl (C=O) groups excluding carboxylic acids is 1. The predicted octanol–water partition coefficient (Wildman–Crippen LogP) is 4.74. The van der Waals surface area contributed by atoms with Crippen LogP contribution in [0.15, 0.2) is 52.0 Å². The Balaban J connectivity index is 1.43. The molecule has 0 aliphatic carbocycles. The minimum atomic E-state index is -0.803. The third-order valence-corrected chi connectivity index (χ3v) is 6.18. The van der Waals surface area contributed by atoms with Gasteiger partial charge in [-0.3, -0.25) is 24.5 Å². The van der Waals surface area contributed by atoms with E-state index in [1.165, 1.54) is 11.8 Å². The van der Waals surface area contributed by atoms with E-state index < -0.39 is 5.97 Å². The topological polar surface area (TPSA) is 96.5 Å². The molecule has 9 heteroatoms. The lowest BCUT2D eigenvalue weighted by Gasteiger charge is -2.13. The van der Waals surface area contributed by atoms with E-state index in [1.807, 2.05) is 30.3 Å². The lowest BCUT2D eigenvalue weighted by atomic mass is 10.1. The Bertz CT molecular complexity index is 1190. The van der Waals surface area contributed by atoms with Gasteiger partial charge in [0, 0.05) is 37.0 Å². The zero-order chi connectivity index (χ0) is 21.8. The van der Waals surface area contributed by atoms with E-state index in [-0.39, 0.29) is 12.3 Å². The van der Waals surface area contributed by atoms with Crippen LogP contribution < -0.4 is 0 Å². The van der Waals surface area contributed by atoms with Gasteiger partial charge in [-0.2, -0.15) is 0 Å². The number of fused-ring (bicyclic) bond motifs is 1.